The van der Waals surface area contributed by atoms with Gasteiger partial charge in [0.25, 0.3) is 5.91 Å². The van der Waals surface area contributed by atoms with Gasteiger partial charge in [0.15, 0.2) is 0 Å². The highest BCUT2D eigenvalue weighted by atomic mass is 35.5. The average Bonchev–Trinajstić information content (AvgIpc) is 3.18. The van der Waals surface area contributed by atoms with E-state index in [0.29, 0.717) is 5.92 Å². The summed E-state index contributed by atoms with van der Waals surface area (Å²) in [5.41, 5.74) is 5.49. The van der Waals surface area contributed by atoms with Crippen molar-refractivity contribution in [3.63, 3.8) is 0 Å². The maximum Gasteiger partial charge on any atom is 0.251 e. The van der Waals surface area contributed by atoms with E-state index in [1.165, 1.54) is 11.1 Å². The molecule has 1 aliphatic carbocycles. The SMILES string of the molecule is Cl.O=C(N[C@@H]1CCC[C@H](c2nc3ccccc3[nH]2)C1)c1ccc2c(c1)CNCC2. The van der Waals surface area contributed by atoms with Crippen LogP contribution in [0.2, 0.25) is 0 Å². The Morgan fingerprint density at radius 3 is 2.90 bits per heavy atom. The van der Waals surface area contributed by atoms with Crippen molar-refractivity contribution in [2.75, 3.05) is 6.54 Å². The molecule has 1 saturated carbocycles. The maximum absolute atomic E-state index is 12.8. The number of amides is 1. The number of halogens is 1. The highest BCUT2D eigenvalue weighted by molar-refractivity contribution is 5.94. The fraction of sp³-hybridized carbons (Fsp3) is 0.391. The Kier molecular flexibility index (Phi) is 5.88. The van der Waals surface area contributed by atoms with E-state index in [1.807, 2.05) is 24.3 Å². The second-order valence-corrected chi connectivity index (χ2v) is 8.08. The van der Waals surface area contributed by atoms with Crippen LogP contribution in [0.25, 0.3) is 11.0 Å². The van der Waals surface area contributed by atoms with Gasteiger partial charge in [0.1, 0.15) is 5.82 Å². The Balaban J connectivity index is 0.00000205. The third-order valence-corrected chi connectivity index (χ3v) is 6.16. The van der Waals surface area contributed by atoms with Crippen LogP contribution in [0.4, 0.5) is 0 Å². The zero-order valence-electron chi connectivity index (χ0n) is 16.4. The van der Waals surface area contributed by atoms with Gasteiger partial charge in [-0.3, -0.25) is 4.79 Å². The van der Waals surface area contributed by atoms with Crippen LogP contribution in [0.3, 0.4) is 0 Å². The van der Waals surface area contributed by atoms with Crippen LogP contribution in [0.1, 0.15) is 58.9 Å². The molecule has 1 fully saturated rings. The summed E-state index contributed by atoms with van der Waals surface area (Å²) in [5, 5.41) is 6.66. The molecule has 6 heteroatoms. The smallest absolute Gasteiger partial charge is 0.251 e. The van der Waals surface area contributed by atoms with Crippen molar-refractivity contribution in [1.29, 1.82) is 0 Å². The van der Waals surface area contributed by atoms with Crippen molar-refractivity contribution < 1.29 is 4.79 Å². The van der Waals surface area contributed by atoms with Crippen LogP contribution in [0, 0.1) is 0 Å². The molecule has 2 aromatic carbocycles. The number of hydrogen-bond donors (Lipinski definition) is 3. The minimum atomic E-state index is 0. The number of nitrogens with one attached hydrogen (secondary N) is 3. The van der Waals surface area contributed by atoms with Gasteiger partial charge in [0, 0.05) is 24.1 Å². The van der Waals surface area contributed by atoms with Crippen molar-refractivity contribution in [1.82, 2.24) is 20.6 Å². The lowest BCUT2D eigenvalue weighted by molar-refractivity contribution is 0.0924. The third kappa shape index (κ3) is 4.16. The molecule has 2 heterocycles. The summed E-state index contributed by atoms with van der Waals surface area (Å²) >= 11 is 0. The lowest BCUT2D eigenvalue weighted by atomic mass is 9.85. The Hall–Kier alpha value is -2.37. The van der Waals surface area contributed by atoms with Gasteiger partial charge in [-0.2, -0.15) is 0 Å². The molecule has 0 saturated heterocycles. The molecule has 0 bridgehead atoms. The molecule has 1 amide bonds. The van der Waals surface area contributed by atoms with Crippen molar-refractivity contribution in [2.24, 2.45) is 0 Å². The number of para-hydroxylation sites is 2. The minimum absolute atomic E-state index is 0. The summed E-state index contributed by atoms with van der Waals surface area (Å²) < 4.78 is 0. The van der Waals surface area contributed by atoms with Crippen LogP contribution in [0.5, 0.6) is 0 Å². The van der Waals surface area contributed by atoms with E-state index < -0.39 is 0 Å². The molecule has 1 aromatic heterocycles. The number of H-pyrrole nitrogens is 1. The van der Waals surface area contributed by atoms with Crippen LogP contribution < -0.4 is 10.6 Å². The van der Waals surface area contributed by atoms with Gasteiger partial charge >= 0.3 is 0 Å². The lowest BCUT2D eigenvalue weighted by Gasteiger charge is -2.29. The molecule has 3 N–H and O–H groups in total. The van der Waals surface area contributed by atoms with Gasteiger partial charge in [-0.25, -0.2) is 4.98 Å². The number of hydrogen-bond acceptors (Lipinski definition) is 3. The average molecular weight is 411 g/mol. The first-order valence-electron chi connectivity index (χ1n) is 10.3. The summed E-state index contributed by atoms with van der Waals surface area (Å²) in [4.78, 5) is 21.1. The predicted molar refractivity (Wildman–Crippen MR) is 118 cm³/mol. The first kappa shape index (κ1) is 19.9. The van der Waals surface area contributed by atoms with E-state index in [2.05, 4.69) is 33.8 Å². The van der Waals surface area contributed by atoms with Crippen LogP contribution in [0.15, 0.2) is 42.5 Å². The van der Waals surface area contributed by atoms with Gasteiger partial charge in [0.2, 0.25) is 0 Å². The number of carbonyl (C=O) groups excluding carboxylic acids is 1. The number of benzene rings is 2. The molecule has 0 spiro atoms. The van der Waals surface area contributed by atoms with Gasteiger partial charge in [-0.1, -0.05) is 24.6 Å². The van der Waals surface area contributed by atoms with E-state index in [-0.39, 0.29) is 24.4 Å². The Morgan fingerprint density at radius 1 is 1.10 bits per heavy atom. The van der Waals surface area contributed by atoms with E-state index in [0.717, 1.165) is 67.6 Å². The molecular formula is C23H27ClN4O. The first-order valence-corrected chi connectivity index (χ1v) is 10.3. The predicted octanol–water partition coefficient (Wildman–Crippen LogP) is 4.09. The molecule has 29 heavy (non-hydrogen) atoms. The summed E-state index contributed by atoms with van der Waals surface area (Å²) in [6.45, 7) is 1.87. The number of imidazole rings is 1. The highest BCUT2D eigenvalue weighted by Crippen LogP contribution is 2.32. The fourth-order valence-corrected chi connectivity index (χ4v) is 4.63. The zero-order chi connectivity index (χ0) is 18.9. The molecule has 152 valence electrons. The Morgan fingerprint density at radius 2 is 2.00 bits per heavy atom. The van der Waals surface area contributed by atoms with Crippen LogP contribution in [-0.4, -0.2) is 28.5 Å². The Bertz CT molecular complexity index is 982. The van der Waals surface area contributed by atoms with E-state index in [9.17, 15) is 4.79 Å². The highest BCUT2D eigenvalue weighted by Gasteiger charge is 2.27. The normalized spacial score (nSPS) is 21.2. The maximum atomic E-state index is 12.8. The van der Waals surface area contributed by atoms with Gasteiger partial charge in [-0.05, 0) is 67.6 Å². The number of fused-ring (bicyclic) bond motifs is 2. The topological polar surface area (TPSA) is 69.8 Å². The number of nitrogens with zero attached hydrogens (tertiary/aromatic N) is 1. The molecule has 0 unspecified atom stereocenters. The van der Waals surface area contributed by atoms with E-state index in [4.69, 9.17) is 4.98 Å². The fourth-order valence-electron chi connectivity index (χ4n) is 4.63. The summed E-state index contributed by atoms with van der Waals surface area (Å²) in [5.74, 6) is 1.47. The van der Waals surface area contributed by atoms with Crippen molar-refractivity contribution in [3.8, 4) is 0 Å². The van der Waals surface area contributed by atoms with Crippen molar-refractivity contribution in [3.05, 3.63) is 65.0 Å². The monoisotopic (exact) mass is 410 g/mol. The standard InChI is InChI=1S/C23H26N4O.ClH/c28-23(17-9-8-15-10-11-24-14-18(15)12-17)25-19-5-3-4-16(13-19)22-26-20-6-1-2-7-21(20)27-22;/h1-2,6-9,12,16,19,24H,3-5,10-11,13-14H2,(H,25,28)(H,26,27);1H/t16-,19+;/m0./s1. The summed E-state index contributed by atoms with van der Waals surface area (Å²) in [6, 6.07) is 14.5. The van der Waals surface area contributed by atoms with Crippen molar-refractivity contribution >= 4 is 29.3 Å². The van der Waals surface area contributed by atoms with Gasteiger partial charge < -0.3 is 15.6 Å². The second-order valence-electron chi connectivity index (χ2n) is 8.08. The lowest BCUT2D eigenvalue weighted by Crippen LogP contribution is -2.38. The zero-order valence-corrected chi connectivity index (χ0v) is 17.2. The van der Waals surface area contributed by atoms with Crippen LogP contribution >= 0.6 is 12.4 Å². The molecule has 1 aliphatic heterocycles. The molecule has 2 aliphatic rings. The largest absolute Gasteiger partial charge is 0.349 e. The summed E-state index contributed by atoms with van der Waals surface area (Å²) in [6.07, 6.45) is 5.25. The molecule has 0 radical (unpaired) electrons. The van der Waals surface area contributed by atoms with Gasteiger partial charge in [0.05, 0.1) is 11.0 Å². The molecule has 5 nitrogen and oxygen atoms in total. The number of aromatic nitrogens is 2. The number of carbonyl (C=O) groups is 1. The first-order chi connectivity index (χ1) is 13.8. The van der Waals surface area contributed by atoms with E-state index in [1.54, 1.807) is 0 Å². The number of aromatic amines is 1. The van der Waals surface area contributed by atoms with E-state index >= 15 is 0 Å². The molecule has 3 aromatic rings. The number of rotatable bonds is 3. The molecule has 5 rings (SSSR count). The van der Waals surface area contributed by atoms with Gasteiger partial charge in [-0.15, -0.1) is 12.4 Å². The van der Waals surface area contributed by atoms with Crippen LogP contribution in [-0.2, 0) is 13.0 Å². The molecule has 2 atom stereocenters. The molecular weight excluding hydrogens is 384 g/mol. The van der Waals surface area contributed by atoms with Crippen molar-refractivity contribution in [2.45, 2.75) is 50.6 Å². The quantitative estimate of drug-likeness (QED) is 0.609. The third-order valence-electron chi connectivity index (χ3n) is 6.16. The minimum Gasteiger partial charge on any atom is -0.349 e. The second kappa shape index (κ2) is 8.56. The Labute approximate surface area is 177 Å². The summed E-state index contributed by atoms with van der Waals surface area (Å²) in [7, 11) is 0.